The average Bonchev–Trinajstić information content (AvgIpc) is 3.04. The molecule has 98 valence electrons. The van der Waals surface area contributed by atoms with Crippen molar-refractivity contribution in [2.45, 2.75) is 43.9 Å². The van der Waals surface area contributed by atoms with E-state index in [2.05, 4.69) is 28.7 Å². The van der Waals surface area contributed by atoms with Gasteiger partial charge in [-0.1, -0.05) is 18.9 Å². The molecular formula is C15H21NOS. The first kappa shape index (κ1) is 13.3. The first-order valence-electron chi connectivity index (χ1n) is 6.67. The smallest absolute Gasteiger partial charge is 0.220 e. The fraction of sp³-hybridized carbons (Fsp3) is 0.533. The maximum atomic E-state index is 11.7. The summed E-state index contributed by atoms with van der Waals surface area (Å²) in [6.45, 7) is 4.44. The van der Waals surface area contributed by atoms with Crippen molar-refractivity contribution < 1.29 is 4.79 Å². The zero-order valence-electron chi connectivity index (χ0n) is 10.8. The molecule has 1 aliphatic carbocycles. The van der Waals surface area contributed by atoms with Crippen LogP contribution in [0.3, 0.4) is 0 Å². The summed E-state index contributed by atoms with van der Waals surface area (Å²) in [5, 5.41) is 7.48. The van der Waals surface area contributed by atoms with Gasteiger partial charge in [0.05, 0.1) is 0 Å². The summed E-state index contributed by atoms with van der Waals surface area (Å²) in [4.78, 5) is 11.7. The van der Waals surface area contributed by atoms with Gasteiger partial charge in [-0.3, -0.25) is 4.79 Å². The molecule has 2 rings (SSSR count). The summed E-state index contributed by atoms with van der Waals surface area (Å²) in [6.07, 6.45) is 8.07. The highest BCUT2D eigenvalue weighted by Gasteiger charge is 2.35. The van der Waals surface area contributed by atoms with Gasteiger partial charge in [0.15, 0.2) is 0 Å². The lowest BCUT2D eigenvalue weighted by Gasteiger charge is -2.28. The van der Waals surface area contributed by atoms with Crippen LogP contribution < -0.4 is 5.32 Å². The molecule has 0 atom stereocenters. The van der Waals surface area contributed by atoms with Crippen LogP contribution in [0, 0.1) is 0 Å². The summed E-state index contributed by atoms with van der Waals surface area (Å²) >= 11 is 1.75. The quantitative estimate of drug-likeness (QED) is 0.780. The van der Waals surface area contributed by atoms with E-state index in [9.17, 15) is 4.79 Å². The molecule has 1 aromatic heterocycles. The number of amides is 1. The largest absolute Gasteiger partial charge is 0.355 e. The van der Waals surface area contributed by atoms with E-state index in [1.165, 1.54) is 31.2 Å². The second kappa shape index (κ2) is 6.19. The molecule has 0 bridgehead atoms. The van der Waals surface area contributed by atoms with Crippen molar-refractivity contribution in [3.05, 3.63) is 35.0 Å². The predicted octanol–water partition coefficient (Wildman–Crippen LogP) is 3.64. The molecule has 3 heteroatoms. The number of carbonyl (C=O) groups is 1. The Labute approximate surface area is 113 Å². The molecule has 0 unspecified atom stereocenters. The van der Waals surface area contributed by atoms with Gasteiger partial charge in [-0.2, -0.15) is 11.3 Å². The highest BCUT2D eigenvalue weighted by molar-refractivity contribution is 7.08. The van der Waals surface area contributed by atoms with Crippen molar-refractivity contribution >= 4 is 17.2 Å². The molecule has 1 fully saturated rings. The lowest BCUT2D eigenvalue weighted by Crippen LogP contribution is -2.38. The lowest BCUT2D eigenvalue weighted by atomic mass is 9.80. The van der Waals surface area contributed by atoms with Crippen LogP contribution in [0.5, 0.6) is 0 Å². The van der Waals surface area contributed by atoms with Gasteiger partial charge in [0.25, 0.3) is 0 Å². The van der Waals surface area contributed by atoms with E-state index in [1.54, 1.807) is 17.4 Å². The molecule has 1 saturated carbocycles. The van der Waals surface area contributed by atoms with Gasteiger partial charge in [-0.05, 0) is 41.7 Å². The Bertz CT molecular complexity index is 391. The molecule has 18 heavy (non-hydrogen) atoms. The third-order valence-electron chi connectivity index (χ3n) is 3.89. The highest BCUT2D eigenvalue weighted by Crippen LogP contribution is 2.41. The van der Waals surface area contributed by atoms with Crippen LogP contribution in [-0.4, -0.2) is 12.5 Å². The SMILES string of the molecule is C=CCCC(=O)NCC1(c2ccsc2)CCCC1. The molecule has 1 amide bonds. The van der Waals surface area contributed by atoms with Crippen molar-refractivity contribution in [3.8, 4) is 0 Å². The van der Waals surface area contributed by atoms with E-state index in [0.717, 1.165) is 13.0 Å². The molecule has 1 heterocycles. The Morgan fingerprint density at radius 2 is 2.28 bits per heavy atom. The average molecular weight is 263 g/mol. The van der Waals surface area contributed by atoms with E-state index in [4.69, 9.17) is 0 Å². The summed E-state index contributed by atoms with van der Waals surface area (Å²) in [5.41, 5.74) is 1.61. The second-order valence-corrected chi connectivity index (χ2v) is 5.88. The molecule has 0 saturated heterocycles. The number of allylic oxidation sites excluding steroid dienone is 1. The maximum Gasteiger partial charge on any atom is 0.220 e. The molecule has 0 aromatic carbocycles. The zero-order valence-corrected chi connectivity index (χ0v) is 11.6. The number of thiophene rings is 1. The normalized spacial score (nSPS) is 17.6. The number of hydrogen-bond acceptors (Lipinski definition) is 2. The van der Waals surface area contributed by atoms with Gasteiger partial charge in [-0.15, -0.1) is 6.58 Å². The minimum Gasteiger partial charge on any atom is -0.355 e. The van der Waals surface area contributed by atoms with Gasteiger partial charge in [0.2, 0.25) is 5.91 Å². The summed E-state index contributed by atoms with van der Waals surface area (Å²) < 4.78 is 0. The van der Waals surface area contributed by atoms with Crippen molar-refractivity contribution in [1.82, 2.24) is 5.32 Å². The van der Waals surface area contributed by atoms with Crippen LogP contribution in [0.25, 0.3) is 0 Å². The molecule has 0 radical (unpaired) electrons. The Morgan fingerprint density at radius 1 is 1.50 bits per heavy atom. The first-order chi connectivity index (χ1) is 8.77. The van der Waals surface area contributed by atoms with Crippen molar-refractivity contribution in [2.24, 2.45) is 0 Å². The fourth-order valence-corrected chi connectivity index (χ4v) is 3.55. The minimum absolute atomic E-state index is 0.149. The molecule has 2 nitrogen and oxygen atoms in total. The van der Waals surface area contributed by atoms with Crippen LogP contribution in [0.2, 0.25) is 0 Å². The highest BCUT2D eigenvalue weighted by atomic mass is 32.1. The van der Waals surface area contributed by atoms with E-state index in [0.29, 0.717) is 6.42 Å². The first-order valence-corrected chi connectivity index (χ1v) is 7.61. The Balaban J connectivity index is 1.95. The summed E-state index contributed by atoms with van der Waals surface area (Å²) in [6, 6.07) is 2.21. The maximum absolute atomic E-state index is 11.7. The monoisotopic (exact) mass is 263 g/mol. The van der Waals surface area contributed by atoms with Crippen LogP contribution in [0.1, 0.15) is 44.1 Å². The van der Waals surface area contributed by atoms with E-state index in [1.807, 2.05) is 0 Å². The fourth-order valence-electron chi connectivity index (χ4n) is 2.77. The third kappa shape index (κ3) is 3.02. The number of carbonyl (C=O) groups excluding carboxylic acids is 1. The van der Waals surface area contributed by atoms with E-state index < -0.39 is 0 Å². The van der Waals surface area contributed by atoms with E-state index in [-0.39, 0.29) is 11.3 Å². The van der Waals surface area contributed by atoms with Gasteiger partial charge in [0, 0.05) is 18.4 Å². The predicted molar refractivity (Wildman–Crippen MR) is 76.9 cm³/mol. The Hall–Kier alpha value is -1.09. The number of rotatable bonds is 6. The van der Waals surface area contributed by atoms with Gasteiger partial charge in [0.1, 0.15) is 0 Å². The van der Waals surface area contributed by atoms with Crippen molar-refractivity contribution in [2.75, 3.05) is 6.54 Å². The minimum atomic E-state index is 0.149. The van der Waals surface area contributed by atoms with Crippen molar-refractivity contribution in [3.63, 3.8) is 0 Å². The van der Waals surface area contributed by atoms with Gasteiger partial charge < -0.3 is 5.32 Å². The lowest BCUT2D eigenvalue weighted by molar-refractivity contribution is -0.121. The van der Waals surface area contributed by atoms with Crippen LogP contribution in [-0.2, 0) is 10.2 Å². The molecule has 0 spiro atoms. The standard InChI is InChI=1S/C15H21NOS/c1-2-3-6-14(17)16-12-15(8-4-5-9-15)13-7-10-18-11-13/h2,7,10-11H,1,3-6,8-9,12H2,(H,16,17). The van der Waals surface area contributed by atoms with Gasteiger partial charge >= 0.3 is 0 Å². The molecular weight excluding hydrogens is 242 g/mol. The zero-order chi connectivity index (χ0) is 12.8. The Morgan fingerprint density at radius 3 is 2.89 bits per heavy atom. The Kier molecular flexibility index (Phi) is 4.59. The van der Waals surface area contributed by atoms with Crippen molar-refractivity contribution in [1.29, 1.82) is 0 Å². The van der Waals surface area contributed by atoms with Gasteiger partial charge in [-0.25, -0.2) is 0 Å². The number of hydrogen-bond donors (Lipinski definition) is 1. The molecule has 1 aliphatic rings. The molecule has 1 N–H and O–H groups in total. The van der Waals surface area contributed by atoms with Crippen LogP contribution >= 0.6 is 11.3 Å². The second-order valence-electron chi connectivity index (χ2n) is 5.10. The third-order valence-corrected chi connectivity index (χ3v) is 4.58. The molecule has 0 aliphatic heterocycles. The number of nitrogens with one attached hydrogen (secondary N) is 1. The summed E-state index contributed by atoms with van der Waals surface area (Å²) in [5.74, 6) is 0.149. The summed E-state index contributed by atoms with van der Waals surface area (Å²) in [7, 11) is 0. The molecule has 1 aromatic rings. The van der Waals surface area contributed by atoms with Crippen LogP contribution in [0.15, 0.2) is 29.5 Å². The van der Waals surface area contributed by atoms with E-state index >= 15 is 0 Å². The topological polar surface area (TPSA) is 29.1 Å². The van der Waals surface area contributed by atoms with Crippen LogP contribution in [0.4, 0.5) is 0 Å².